The van der Waals surface area contributed by atoms with E-state index in [0.29, 0.717) is 5.41 Å². The molecule has 1 aromatic heterocycles. The number of carboxylic acid groups (broad SMARTS) is 2. The first kappa shape index (κ1) is 13.9. The second-order valence-corrected chi connectivity index (χ2v) is 5.60. The molecule has 2 unspecified atom stereocenters. The van der Waals surface area contributed by atoms with Crippen LogP contribution in [0.5, 0.6) is 0 Å². The number of aliphatic carboxylic acids is 2. The van der Waals surface area contributed by atoms with Gasteiger partial charge in [0.1, 0.15) is 10.5 Å². The van der Waals surface area contributed by atoms with E-state index in [9.17, 15) is 0 Å². The zero-order valence-electron chi connectivity index (χ0n) is 10.3. The molecule has 2 aliphatic rings. The summed E-state index contributed by atoms with van der Waals surface area (Å²) in [5.74, 6) is -3.65. The third-order valence-corrected chi connectivity index (χ3v) is 4.50. The maximum absolute atomic E-state index is 9.10. The molecule has 2 bridgehead atoms. The Hall–Kier alpha value is -1.54. The van der Waals surface area contributed by atoms with Gasteiger partial charge in [-0.15, -0.1) is 21.5 Å². The SMILES string of the molecule is O=C(O)C(=O)O.c1nnc(C23CCCN(CC2)C3)s1. The van der Waals surface area contributed by atoms with E-state index < -0.39 is 11.9 Å². The number of carbonyl (C=O) groups is 2. The lowest BCUT2D eigenvalue weighted by atomic mass is 9.82. The van der Waals surface area contributed by atoms with Crippen molar-refractivity contribution in [1.82, 2.24) is 15.1 Å². The fraction of sp³-hybridized carbons (Fsp3) is 0.636. The Bertz CT molecular complexity index is 449. The molecule has 0 aliphatic carbocycles. The molecule has 2 fully saturated rings. The minimum Gasteiger partial charge on any atom is -0.473 e. The Balaban J connectivity index is 0.000000192. The number of aromatic nitrogens is 2. The smallest absolute Gasteiger partial charge is 0.414 e. The maximum Gasteiger partial charge on any atom is 0.414 e. The van der Waals surface area contributed by atoms with Gasteiger partial charge in [-0.25, -0.2) is 9.59 Å². The summed E-state index contributed by atoms with van der Waals surface area (Å²) in [5, 5.41) is 24.3. The molecular formula is C11H15N3O4S. The first-order valence-electron chi connectivity index (χ1n) is 5.99. The minimum atomic E-state index is -1.82. The molecule has 19 heavy (non-hydrogen) atoms. The van der Waals surface area contributed by atoms with E-state index in [0.717, 1.165) is 0 Å². The van der Waals surface area contributed by atoms with Gasteiger partial charge in [0.2, 0.25) is 0 Å². The first-order valence-corrected chi connectivity index (χ1v) is 6.87. The molecule has 104 valence electrons. The van der Waals surface area contributed by atoms with Crippen molar-refractivity contribution in [2.24, 2.45) is 0 Å². The number of rotatable bonds is 1. The second kappa shape index (κ2) is 5.62. The van der Waals surface area contributed by atoms with Crippen LogP contribution in [0.15, 0.2) is 5.51 Å². The average Bonchev–Trinajstić information content (AvgIpc) is 3.00. The normalized spacial score (nSPS) is 28.3. The van der Waals surface area contributed by atoms with E-state index in [4.69, 9.17) is 19.8 Å². The number of fused-ring (bicyclic) bond motifs is 2. The van der Waals surface area contributed by atoms with E-state index in [1.54, 1.807) is 11.3 Å². The Morgan fingerprint density at radius 1 is 1.26 bits per heavy atom. The van der Waals surface area contributed by atoms with Gasteiger partial charge in [-0.3, -0.25) is 0 Å². The molecule has 2 atom stereocenters. The predicted octanol–water partition coefficient (Wildman–Crippen LogP) is 0.431. The molecule has 0 radical (unpaired) electrons. The third-order valence-electron chi connectivity index (χ3n) is 3.56. The highest BCUT2D eigenvalue weighted by molar-refractivity contribution is 7.09. The maximum atomic E-state index is 9.10. The summed E-state index contributed by atoms with van der Waals surface area (Å²) >= 11 is 1.73. The Morgan fingerprint density at radius 3 is 2.58 bits per heavy atom. The number of hydrogen-bond acceptors (Lipinski definition) is 6. The van der Waals surface area contributed by atoms with Crippen LogP contribution in [0.25, 0.3) is 0 Å². The molecule has 8 heteroatoms. The second-order valence-electron chi connectivity index (χ2n) is 4.76. The van der Waals surface area contributed by atoms with E-state index >= 15 is 0 Å². The van der Waals surface area contributed by atoms with E-state index in [1.807, 2.05) is 5.51 Å². The lowest BCUT2D eigenvalue weighted by Gasteiger charge is -2.31. The summed E-state index contributed by atoms with van der Waals surface area (Å²) < 4.78 is 0. The number of carboxylic acids is 2. The lowest BCUT2D eigenvalue weighted by molar-refractivity contribution is -0.159. The zero-order chi connectivity index (χ0) is 13.9. The standard InChI is InChI=1S/C9H13N3S.C2H2O4/c1-2-9(8-11-10-7-13-8)3-5-12(4-1)6-9;3-1(4)2(5)6/h7H,1-6H2;(H,3,4)(H,5,6). The van der Waals surface area contributed by atoms with Crippen LogP contribution in [0.3, 0.4) is 0 Å². The van der Waals surface area contributed by atoms with Gasteiger partial charge in [0.05, 0.1) is 0 Å². The van der Waals surface area contributed by atoms with Gasteiger partial charge in [0.15, 0.2) is 0 Å². The summed E-state index contributed by atoms with van der Waals surface area (Å²) in [5.41, 5.74) is 2.25. The van der Waals surface area contributed by atoms with Gasteiger partial charge in [-0.1, -0.05) is 0 Å². The first-order chi connectivity index (χ1) is 9.03. The summed E-state index contributed by atoms with van der Waals surface area (Å²) in [6.07, 6.45) is 3.94. The van der Waals surface area contributed by atoms with Crippen LogP contribution in [0.2, 0.25) is 0 Å². The molecule has 2 N–H and O–H groups in total. The summed E-state index contributed by atoms with van der Waals surface area (Å²) in [4.78, 5) is 20.8. The van der Waals surface area contributed by atoms with Gasteiger partial charge < -0.3 is 15.1 Å². The molecule has 7 nitrogen and oxygen atoms in total. The highest BCUT2D eigenvalue weighted by Crippen LogP contribution is 2.42. The Kier molecular flexibility index (Phi) is 4.11. The van der Waals surface area contributed by atoms with Gasteiger partial charge in [-0.2, -0.15) is 0 Å². The van der Waals surface area contributed by atoms with Crippen molar-refractivity contribution in [3.05, 3.63) is 10.5 Å². The molecule has 3 heterocycles. The quantitative estimate of drug-likeness (QED) is 0.721. The van der Waals surface area contributed by atoms with Crippen LogP contribution in [0.1, 0.15) is 24.3 Å². The fourth-order valence-corrected chi connectivity index (χ4v) is 3.49. The van der Waals surface area contributed by atoms with Crippen LogP contribution in [0.4, 0.5) is 0 Å². The molecule has 0 aromatic carbocycles. The molecule has 1 aromatic rings. The third kappa shape index (κ3) is 3.07. The summed E-state index contributed by atoms with van der Waals surface area (Å²) in [6.45, 7) is 3.78. The van der Waals surface area contributed by atoms with Crippen molar-refractivity contribution in [3.63, 3.8) is 0 Å². The number of nitrogens with zero attached hydrogens (tertiary/aromatic N) is 3. The Morgan fingerprint density at radius 2 is 2.00 bits per heavy atom. The predicted molar refractivity (Wildman–Crippen MR) is 67.1 cm³/mol. The van der Waals surface area contributed by atoms with E-state index in [2.05, 4.69) is 15.1 Å². The van der Waals surface area contributed by atoms with Crippen molar-refractivity contribution in [2.75, 3.05) is 19.6 Å². The zero-order valence-corrected chi connectivity index (χ0v) is 11.1. The molecular weight excluding hydrogens is 270 g/mol. The topological polar surface area (TPSA) is 104 Å². The van der Waals surface area contributed by atoms with E-state index in [1.165, 1.54) is 43.9 Å². The highest BCUT2D eigenvalue weighted by Gasteiger charge is 2.44. The minimum absolute atomic E-state index is 0.388. The van der Waals surface area contributed by atoms with Crippen molar-refractivity contribution in [2.45, 2.75) is 24.7 Å². The molecule has 2 saturated heterocycles. The van der Waals surface area contributed by atoms with Crippen LogP contribution in [-0.2, 0) is 15.0 Å². The van der Waals surface area contributed by atoms with Gasteiger partial charge in [0, 0.05) is 12.0 Å². The molecule has 0 amide bonds. The van der Waals surface area contributed by atoms with Crippen molar-refractivity contribution >= 4 is 23.3 Å². The van der Waals surface area contributed by atoms with Gasteiger partial charge in [-0.05, 0) is 32.4 Å². The molecule has 0 saturated carbocycles. The van der Waals surface area contributed by atoms with Crippen molar-refractivity contribution in [1.29, 1.82) is 0 Å². The molecule has 0 spiro atoms. The largest absolute Gasteiger partial charge is 0.473 e. The van der Waals surface area contributed by atoms with Crippen LogP contribution in [0, 0.1) is 0 Å². The highest BCUT2D eigenvalue weighted by atomic mass is 32.1. The van der Waals surface area contributed by atoms with Gasteiger partial charge in [0.25, 0.3) is 0 Å². The van der Waals surface area contributed by atoms with Crippen LogP contribution >= 0.6 is 11.3 Å². The number of hydrogen-bond donors (Lipinski definition) is 2. The van der Waals surface area contributed by atoms with Crippen molar-refractivity contribution < 1.29 is 19.8 Å². The van der Waals surface area contributed by atoms with E-state index in [-0.39, 0.29) is 0 Å². The Labute approximate surface area is 113 Å². The summed E-state index contributed by atoms with van der Waals surface area (Å²) in [6, 6.07) is 0. The molecule has 3 rings (SSSR count). The fourth-order valence-electron chi connectivity index (χ4n) is 2.68. The summed E-state index contributed by atoms with van der Waals surface area (Å²) in [7, 11) is 0. The monoisotopic (exact) mass is 285 g/mol. The number of piperidine rings is 1. The van der Waals surface area contributed by atoms with Crippen LogP contribution in [-0.4, -0.2) is 56.9 Å². The van der Waals surface area contributed by atoms with Crippen LogP contribution < -0.4 is 0 Å². The molecule has 2 aliphatic heterocycles. The van der Waals surface area contributed by atoms with Gasteiger partial charge >= 0.3 is 11.9 Å². The van der Waals surface area contributed by atoms with Crippen molar-refractivity contribution in [3.8, 4) is 0 Å². The lowest BCUT2D eigenvalue weighted by Crippen LogP contribution is -2.36. The average molecular weight is 285 g/mol.